The second-order valence-corrected chi connectivity index (χ2v) is 12.3. The highest BCUT2D eigenvalue weighted by molar-refractivity contribution is 5.94. The number of hydrogen-bond donors (Lipinski definition) is 3. The Morgan fingerprint density at radius 2 is 1.62 bits per heavy atom. The fraction of sp³-hybridized carbons (Fsp3) is 0.275. The number of aliphatic carboxylic acids is 1. The molecule has 0 radical (unpaired) electrons. The number of amides is 2. The number of allylic oxidation sites excluding steroid dienone is 2. The smallest absolute Gasteiger partial charge is 0.481 e. The number of nitrogens with one attached hydrogen (secondary N) is 2. The molecule has 2 unspecified atom stereocenters. The molecule has 1 aliphatic rings. The summed E-state index contributed by atoms with van der Waals surface area (Å²) in [7, 11) is 0. The molecule has 3 N–H and O–H groups in total. The van der Waals surface area contributed by atoms with Gasteiger partial charge < -0.3 is 20.5 Å². The van der Waals surface area contributed by atoms with E-state index in [-0.39, 0.29) is 30.5 Å². The maximum Gasteiger partial charge on any atom is 0.573 e. The van der Waals surface area contributed by atoms with Gasteiger partial charge in [-0.1, -0.05) is 78.9 Å². The first-order valence-corrected chi connectivity index (χ1v) is 16.6. The van der Waals surface area contributed by atoms with Crippen LogP contribution >= 0.6 is 0 Å². The summed E-state index contributed by atoms with van der Waals surface area (Å²) in [5, 5.41) is 14.6. The number of carbonyl (C=O) groups excluding carboxylic acids is 2. The number of alkyl halides is 3. The van der Waals surface area contributed by atoms with Gasteiger partial charge in [-0.25, -0.2) is 0 Å². The van der Waals surface area contributed by atoms with Crippen LogP contribution in [0.4, 0.5) is 13.2 Å². The van der Waals surface area contributed by atoms with Crippen LogP contribution in [-0.2, 0) is 16.0 Å². The zero-order chi connectivity index (χ0) is 35.7. The van der Waals surface area contributed by atoms with Crippen molar-refractivity contribution in [3.8, 4) is 16.9 Å². The molecule has 0 saturated heterocycles. The molecule has 0 aromatic heterocycles. The van der Waals surface area contributed by atoms with Gasteiger partial charge in [-0.15, -0.1) is 13.2 Å². The van der Waals surface area contributed by atoms with Gasteiger partial charge in [0, 0.05) is 12.1 Å². The van der Waals surface area contributed by atoms with Crippen LogP contribution in [0.15, 0.2) is 103 Å². The number of carboxylic acid groups (broad SMARTS) is 1. The lowest BCUT2D eigenvalue weighted by Gasteiger charge is -2.23. The second kappa shape index (κ2) is 16.3. The molecule has 0 heterocycles. The topological polar surface area (TPSA) is 105 Å². The van der Waals surface area contributed by atoms with Gasteiger partial charge in [0.2, 0.25) is 5.91 Å². The number of hydrogen-bond acceptors (Lipinski definition) is 4. The predicted molar refractivity (Wildman–Crippen MR) is 185 cm³/mol. The summed E-state index contributed by atoms with van der Waals surface area (Å²) in [4.78, 5) is 37.4. The van der Waals surface area contributed by atoms with Crippen LogP contribution in [0.2, 0.25) is 0 Å². The number of halogens is 3. The van der Waals surface area contributed by atoms with Crippen LogP contribution in [-0.4, -0.2) is 35.8 Å². The quantitative estimate of drug-likeness (QED) is 0.131. The van der Waals surface area contributed by atoms with E-state index in [4.69, 9.17) is 5.11 Å². The second-order valence-electron chi connectivity index (χ2n) is 12.3. The number of benzene rings is 4. The summed E-state index contributed by atoms with van der Waals surface area (Å²) in [5.41, 5.74) is 6.34. The largest absolute Gasteiger partial charge is 0.573 e. The Hall–Kier alpha value is -5.38. The molecule has 260 valence electrons. The van der Waals surface area contributed by atoms with E-state index in [1.807, 2.05) is 43.3 Å². The van der Waals surface area contributed by atoms with E-state index in [0.29, 0.717) is 23.1 Å². The van der Waals surface area contributed by atoms with Gasteiger partial charge in [0.05, 0.1) is 18.4 Å². The molecule has 0 saturated carbocycles. The highest BCUT2D eigenvalue weighted by Crippen LogP contribution is 2.34. The van der Waals surface area contributed by atoms with Crippen molar-refractivity contribution in [2.24, 2.45) is 0 Å². The molecular weight excluding hydrogens is 645 g/mol. The Morgan fingerprint density at radius 3 is 2.30 bits per heavy atom. The van der Waals surface area contributed by atoms with Crippen molar-refractivity contribution in [1.29, 1.82) is 0 Å². The van der Waals surface area contributed by atoms with E-state index in [9.17, 15) is 27.6 Å². The summed E-state index contributed by atoms with van der Waals surface area (Å²) in [6.07, 6.45) is 1.99. The number of carboxylic acids is 1. The molecule has 7 nitrogen and oxygen atoms in total. The van der Waals surface area contributed by atoms with Crippen molar-refractivity contribution >= 4 is 23.4 Å². The Morgan fingerprint density at radius 1 is 0.880 bits per heavy atom. The molecule has 10 heteroatoms. The van der Waals surface area contributed by atoms with Crippen molar-refractivity contribution in [2.75, 3.05) is 6.54 Å². The van der Waals surface area contributed by atoms with Crippen LogP contribution in [0.1, 0.15) is 83.6 Å². The Bertz CT molecular complexity index is 1840. The summed E-state index contributed by atoms with van der Waals surface area (Å²) >= 11 is 0. The molecule has 0 fully saturated rings. The number of ether oxygens (including phenoxy) is 1. The molecular formula is C40H39F3N2O5. The van der Waals surface area contributed by atoms with E-state index in [1.54, 1.807) is 42.5 Å². The fourth-order valence-electron chi connectivity index (χ4n) is 6.19. The minimum absolute atomic E-state index is 0.0130. The number of carbonyl (C=O) groups is 3. The maximum atomic E-state index is 14.1. The molecule has 2 amide bonds. The van der Waals surface area contributed by atoms with Crippen LogP contribution in [0.5, 0.6) is 5.75 Å². The van der Waals surface area contributed by atoms with E-state index in [0.717, 1.165) is 41.5 Å². The standard InChI is InChI=1S/C40H39F3N2O5/c1-26(34-12-5-6-13-35(34)32-10-7-11-33(25-32)50-40(41,42)43)45-39(49)36(30-20-18-29(19-21-30)28-8-3-2-4-9-28)24-27-14-16-31(17-15-27)38(48)44-23-22-37(46)47/h5-8,10-21,25-26,36H,2-4,9,22-24H2,1H3,(H,44,48)(H,45,49)(H,46,47). The van der Waals surface area contributed by atoms with E-state index in [1.165, 1.54) is 30.2 Å². The third kappa shape index (κ3) is 9.84. The predicted octanol–water partition coefficient (Wildman–Crippen LogP) is 8.62. The van der Waals surface area contributed by atoms with Gasteiger partial charge in [-0.2, -0.15) is 0 Å². The Labute approximate surface area is 289 Å². The lowest BCUT2D eigenvalue weighted by Crippen LogP contribution is -2.33. The number of rotatable bonds is 13. The Balaban J connectivity index is 1.38. The van der Waals surface area contributed by atoms with Crippen LogP contribution < -0.4 is 15.4 Å². The van der Waals surface area contributed by atoms with Gasteiger partial charge in [-0.3, -0.25) is 14.4 Å². The molecule has 0 spiro atoms. The van der Waals surface area contributed by atoms with Crippen LogP contribution in [0, 0.1) is 0 Å². The summed E-state index contributed by atoms with van der Waals surface area (Å²) in [5.74, 6) is -2.56. The average molecular weight is 685 g/mol. The summed E-state index contributed by atoms with van der Waals surface area (Å²) in [6.45, 7) is 1.85. The third-order valence-electron chi connectivity index (χ3n) is 8.74. The first kappa shape index (κ1) is 35.9. The molecule has 4 aromatic rings. The monoisotopic (exact) mass is 684 g/mol. The average Bonchev–Trinajstić information content (AvgIpc) is 3.10. The molecule has 0 aliphatic heterocycles. The van der Waals surface area contributed by atoms with Gasteiger partial charge in [-0.05, 0) is 102 Å². The van der Waals surface area contributed by atoms with Gasteiger partial charge in [0.1, 0.15) is 5.75 Å². The SMILES string of the molecule is CC(NC(=O)C(Cc1ccc(C(=O)NCCC(=O)O)cc1)c1ccc(C2=CCCCC2)cc1)c1ccccc1-c1cccc(OC(F)(F)F)c1. The van der Waals surface area contributed by atoms with Crippen LogP contribution in [0.25, 0.3) is 16.7 Å². The highest BCUT2D eigenvalue weighted by Gasteiger charge is 2.31. The minimum Gasteiger partial charge on any atom is -0.481 e. The van der Waals surface area contributed by atoms with Crippen molar-refractivity contribution in [3.63, 3.8) is 0 Å². The zero-order valence-corrected chi connectivity index (χ0v) is 27.6. The fourth-order valence-corrected chi connectivity index (χ4v) is 6.19. The van der Waals surface area contributed by atoms with E-state index in [2.05, 4.69) is 21.4 Å². The Kier molecular flexibility index (Phi) is 11.7. The van der Waals surface area contributed by atoms with Crippen molar-refractivity contribution in [1.82, 2.24) is 10.6 Å². The molecule has 5 rings (SSSR count). The minimum atomic E-state index is -4.82. The lowest BCUT2D eigenvalue weighted by molar-refractivity contribution is -0.274. The summed E-state index contributed by atoms with van der Waals surface area (Å²) in [6, 6.07) is 27.4. The van der Waals surface area contributed by atoms with Crippen molar-refractivity contribution in [3.05, 3.63) is 131 Å². The van der Waals surface area contributed by atoms with Gasteiger partial charge in [0.15, 0.2) is 0 Å². The maximum absolute atomic E-state index is 14.1. The first-order chi connectivity index (χ1) is 24.0. The normalized spacial score (nSPS) is 14.2. The molecule has 4 aromatic carbocycles. The van der Waals surface area contributed by atoms with Gasteiger partial charge in [0.25, 0.3) is 5.91 Å². The van der Waals surface area contributed by atoms with Crippen LogP contribution in [0.3, 0.4) is 0 Å². The van der Waals surface area contributed by atoms with Crippen molar-refractivity contribution in [2.45, 2.75) is 63.8 Å². The lowest BCUT2D eigenvalue weighted by atomic mass is 9.87. The first-order valence-electron chi connectivity index (χ1n) is 16.6. The van der Waals surface area contributed by atoms with E-state index < -0.39 is 24.3 Å². The van der Waals surface area contributed by atoms with E-state index >= 15 is 0 Å². The zero-order valence-electron chi connectivity index (χ0n) is 27.6. The molecule has 50 heavy (non-hydrogen) atoms. The van der Waals surface area contributed by atoms with Crippen molar-refractivity contribution < 1.29 is 37.4 Å². The molecule has 2 atom stereocenters. The summed E-state index contributed by atoms with van der Waals surface area (Å²) < 4.78 is 42.9. The highest BCUT2D eigenvalue weighted by atomic mass is 19.4. The van der Waals surface area contributed by atoms with Gasteiger partial charge >= 0.3 is 12.3 Å². The third-order valence-corrected chi connectivity index (χ3v) is 8.74. The molecule has 0 bridgehead atoms. The molecule has 1 aliphatic carbocycles.